The molecule has 0 spiro atoms. The molecule has 2 N–H and O–H groups in total. The normalized spacial score (nSPS) is 20.5. The third-order valence-corrected chi connectivity index (χ3v) is 4.97. The molecule has 0 aromatic carbocycles. The first-order chi connectivity index (χ1) is 9.45. The highest BCUT2D eigenvalue weighted by Gasteiger charge is 2.38. The summed E-state index contributed by atoms with van der Waals surface area (Å²) in [5.74, 6) is -0.413. The zero-order valence-electron chi connectivity index (χ0n) is 12.3. The molecule has 0 aliphatic carbocycles. The third kappa shape index (κ3) is 5.15. The predicted octanol–water partition coefficient (Wildman–Crippen LogP) is 1.69. The van der Waals surface area contributed by atoms with E-state index in [1.165, 1.54) is 4.90 Å². The van der Waals surface area contributed by atoms with Gasteiger partial charge in [-0.1, -0.05) is 20.3 Å². The van der Waals surface area contributed by atoms with Crippen molar-refractivity contribution in [2.24, 2.45) is 5.73 Å². The van der Waals surface area contributed by atoms with Crippen molar-refractivity contribution in [3.05, 3.63) is 0 Å². The summed E-state index contributed by atoms with van der Waals surface area (Å²) in [4.78, 5) is 36.0. The molecule has 6 heteroatoms. The van der Waals surface area contributed by atoms with Gasteiger partial charge in [0.1, 0.15) is 0 Å². The maximum absolute atomic E-state index is 12.1. The summed E-state index contributed by atoms with van der Waals surface area (Å²) in [6.45, 7) is 4.62. The Balaban J connectivity index is 2.33. The number of imide groups is 1. The van der Waals surface area contributed by atoms with Crippen LogP contribution in [0.1, 0.15) is 52.4 Å². The first-order valence-electron chi connectivity index (χ1n) is 7.23. The Labute approximate surface area is 124 Å². The minimum Gasteiger partial charge on any atom is -0.370 e. The Bertz CT molecular complexity index is 373. The topological polar surface area (TPSA) is 80.5 Å². The summed E-state index contributed by atoms with van der Waals surface area (Å²) in [7, 11) is 0. The van der Waals surface area contributed by atoms with E-state index in [-0.39, 0.29) is 23.0 Å². The second-order valence-corrected chi connectivity index (χ2v) is 6.85. The number of amides is 3. The minimum absolute atomic E-state index is 0.0461. The van der Waals surface area contributed by atoms with Gasteiger partial charge in [-0.2, -0.15) is 0 Å². The Hall–Kier alpha value is -1.04. The van der Waals surface area contributed by atoms with E-state index in [4.69, 9.17) is 5.73 Å². The summed E-state index contributed by atoms with van der Waals surface area (Å²) in [6.07, 6.45) is 3.96. The van der Waals surface area contributed by atoms with E-state index in [2.05, 4.69) is 13.8 Å². The van der Waals surface area contributed by atoms with Crippen LogP contribution in [0.15, 0.2) is 0 Å². The fourth-order valence-corrected chi connectivity index (χ4v) is 3.35. The standard InChI is InChI=1S/C14H24N2O3S/c1-3-10(2)20-11-9-13(18)16(14(11)19)8-6-4-5-7-12(15)17/h10-11H,3-9H2,1-2H3,(H2,15,17). The molecule has 2 atom stereocenters. The van der Waals surface area contributed by atoms with Crippen molar-refractivity contribution >= 4 is 29.5 Å². The van der Waals surface area contributed by atoms with Gasteiger partial charge in [-0.25, -0.2) is 0 Å². The largest absolute Gasteiger partial charge is 0.370 e. The van der Waals surface area contributed by atoms with Crippen LogP contribution in [0.5, 0.6) is 0 Å². The molecule has 1 saturated heterocycles. The van der Waals surface area contributed by atoms with Crippen molar-refractivity contribution in [2.45, 2.75) is 62.9 Å². The van der Waals surface area contributed by atoms with Crippen molar-refractivity contribution < 1.29 is 14.4 Å². The lowest BCUT2D eigenvalue weighted by Crippen LogP contribution is -2.32. The summed E-state index contributed by atoms with van der Waals surface area (Å²) < 4.78 is 0. The molecule has 0 saturated carbocycles. The predicted molar refractivity (Wildman–Crippen MR) is 80.1 cm³/mol. The number of likely N-dealkylation sites (tertiary alicyclic amines) is 1. The van der Waals surface area contributed by atoms with Crippen LogP contribution < -0.4 is 5.73 Å². The minimum atomic E-state index is -0.302. The molecule has 1 aliphatic heterocycles. The molecule has 1 heterocycles. The molecule has 114 valence electrons. The van der Waals surface area contributed by atoms with Crippen LogP contribution >= 0.6 is 11.8 Å². The molecule has 0 bridgehead atoms. The van der Waals surface area contributed by atoms with E-state index in [1.54, 1.807) is 11.8 Å². The van der Waals surface area contributed by atoms with Crippen molar-refractivity contribution in [3.63, 3.8) is 0 Å². The van der Waals surface area contributed by atoms with E-state index in [9.17, 15) is 14.4 Å². The molecular formula is C14H24N2O3S. The van der Waals surface area contributed by atoms with Crippen molar-refractivity contribution in [1.82, 2.24) is 4.90 Å². The Kier molecular flexibility index (Phi) is 7.05. The number of hydrogen-bond donors (Lipinski definition) is 1. The van der Waals surface area contributed by atoms with E-state index in [0.717, 1.165) is 25.7 Å². The second kappa shape index (κ2) is 8.29. The first kappa shape index (κ1) is 17.0. The molecular weight excluding hydrogens is 276 g/mol. The number of thioether (sulfide) groups is 1. The van der Waals surface area contributed by atoms with Crippen LogP contribution in [-0.2, 0) is 14.4 Å². The summed E-state index contributed by atoms with van der Waals surface area (Å²) in [5.41, 5.74) is 5.06. The SMILES string of the molecule is CCC(C)SC1CC(=O)N(CCCCCC(N)=O)C1=O. The van der Waals surface area contributed by atoms with Gasteiger partial charge in [0.2, 0.25) is 17.7 Å². The fourth-order valence-electron chi connectivity index (χ4n) is 2.12. The number of rotatable bonds is 9. The fraction of sp³-hybridized carbons (Fsp3) is 0.786. The summed E-state index contributed by atoms with van der Waals surface area (Å²) in [5, 5.41) is 0.190. The molecule has 2 unspecified atom stereocenters. The first-order valence-corrected chi connectivity index (χ1v) is 8.18. The van der Waals surface area contributed by atoms with E-state index < -0.39 is 0 Å². The van der Waals surface area contributed by atoms with Crippen molar-refractivity contribution in [2.75, 3.05) is 6.54 Å². The van der Waals surface area contributed by atoms with Crippen LogP contribution in [0.2, 0.25) is 0 Å². The van der Waals surface area contributed by atoms with Gasteiger partial charge in [0.05, 0.1) is 5.25 Å². The molecule has 1 fully saturated rings. The lowest BCUT2D eigenvalue weighted by atomic mass is 10.2. The zero-order valence-corrected chi connectivity index (χ0v) is 13.1. The average Bonchev–Trinajstić information content (AvgIpc) is 2.65. The Morgan fingerprint density at radius 3 is 2.70 bits per heavy atom. The van der Waals surface area contributed by atoms with Gasteiger partial charge in [-0.05, 0) is 19.3 Å². The quantitative estimate of drug-likeness (QED) is 0.519. The highest BCUT2D eigenvalue weighted by Crippen LogP contribution is 2.29. The number of hydrogen-bond acceptors (Lipinski definition) is 4. The Morgan fingerprint density at radius 2 is 2.10 bits per heavy atom. The second-order valence-electron chi connectivity index (χ2n) is 5.21. The lowest BCUT2D eigenvalue weighted by Gasteiger charge is -2.16. The van der Waals surface area contributed by atoms with Crippen LogP contribution in [0, 0.1) is 0 Å². The van der Waals surface area contributed by atoms with Gasteiger partial charge in [0, 0.05) is 24.6 Å². The smallest absolute Gasteiger partial charge is 0.242 e. The summed E-state index contributed by atoms with van der Waals surface area (Å²) in [6, 6.07) is 0. The van der Waals surface area contributed by atoms with Gasteiger partial charge in [0.25, 0.3) is 0 Å². The van der Waals surface area contributed by atoms with Crippen molar-refractivity contribution in [1.29, 1.82) is 0 Å². The van der Waals surface area contributed by atoms with Crippen LogP contribution in [0.25, 0.3) is 0 Å². The van der Waals surface area contributed by atoms with Gasteiger partial charge in [-0.15, -0.1) is 11.8 Å². The lowest BCUT2D eigenvalue weighted by molar-refractivity contribution is -0.138. The highest BCUT2D eigenvalue weighted by molar-refractivity contribution is 8.01. The highest BCUT2D eigenvalue weighted by atomic mass is 32.2. The van der Waals surface area contributed by atoms with Gasteiger partial charge in [-0.3, -0.25) is 19.3 Å². The molecule has 1 rings (SSSR count). The molecule has 5 nitrogen and oxygen atoms in total. The van der Waals surface area contributed by atoms with Gasteiger partial charge < -0.3 is 5.73 Å². The van der Waals surface area contributed by atoms with Crippen LogP contribution in [-0.4, -0.2) is 39.7 Å². The van der Waals surface area contributed by atoms with Gasteiger partial charge in [0.15, 0.2) is 0 Å². The monoisotopic (exact) mass is 300 g/mol. The average molecular weight is 300 g/mol. The number of primary amides is 1. The van der Waals surface area contributed by atoms with E-state index in [1.807, 2.05) is 0 Å². The van der Waals surface area contributed by atoms with Crippen LogP contribution in [0.3, 0.4) is 0 Å². The number of nitrogens with two attached hydrogens (primary N) is 1. The third-order valence-electron chi connectivity index (χ3n) is 3.48. The zero-order chi connectivity index (χ0) is 15.1. The molecule has 3 amide bonds. The number of carbonyl (C=O) groups is 3. The van der Waals surface area contributed by atoms with Crippen LogP contribution in [0.4, 0.5) is 0 Å². The molecule has 1 aliphatic rings. The molecule has 0 aromatic heterocycles. The number of unbranched alkanes of at least 4 members (excludes halogenated alkanes) is 2. The molecule has 0 radical (unpaired) electrons. The van der Waals surface area contributed by atoms with Crippen molar-refractivity contribution in [3.8, 4) is 0 Å². The number of nitrogens with zero attached hydrogens (tertiary/aromatic N) is 1. The molecule has 20 heavy (non-hydrogen) atoms. The molecule has 0 aromatic rings. The van der Waals surface area contributed by atoms with E-state index in [0.29, 0.717) is 24.6 Å². The maximum Gasteiger partial charge on any atom is 0.242 e. The van der Waals surface area contributed by atoms with Gasteiger partial charge >= 0.3 is 0 Å². The van der Waals surface area contributed by atoms with E-state index >= 15 is 0 Å². The Morgan fingerprint density at radius 1 is 1.40 bits per heavy atom. The number of carbonyl (C=O) groups excluding carboxylic acids is 3. The summed E-state index contributed by atoms with van der Waals surface area (Å²) >= 11 is 1.60. The maximum atomic E-state index is 12.1.